The number of benzene rings is 4. The SMILES string of the molecule is CCOc1ccc(C(=O)Oc2ccc3ccccc3c2C=NNC(=O)C(=O)Nc2ccccc2OC)cc1. The highest BCUT2D eigenvalue weighted by atomic mass is 16.5. The standard InChI is InChI=1S/C29H25N3O6/c1-3-37-21-15-12-20(13-16-21)29(35)38-25-17-14-19-8-4-5-9-22(19)23(25)18-30-32-28(34)27(33)31-24-10-6-7-11-26(24)36-2/h4-18H,3H2,1-2H3,(H,31,33)(H,32,34). The molecule has 0 aromatic heterocycles. The van der Waals surface area contributed by atoms with Gasteiger partial charge in [0.15, 0.2) is 0 Å². The number of nitrogens with one attached hydrogen (secondary N) is 2. The number of methoxy groups -OCH3 is 1. The van der Waals surface area contributed by atoms with Crippen LogP contribution in [-0.2, 0) is 9.59 Å². The monoisotopic (exact) mass is 511 g/mol. The number of nitrogens with zero attached hydrogens (tertiary/aromatic N) is 1. The summed E-state index contributed by atoms with van der Waals surface area (Å²) in [4.78, 5) is 37.5. The minimum atomic E-state index is -0.986. The molecule has 2 N–H and O–H groups in total. The summed E-state index contributed by atoms with van der Waals surface area (Å²) in [5, 5.41) is 8.03. The van der Waals surface area contributed by atoms with Gasteiger partial charge in [0.05, 0.1) is 31.2 Å². The number of amides is 2. The van der Waals surface area contributed by atoms with Crippen molar-refractivity contribution in [3.8, 4) is 17.2 Å². The average Bonchev–Trinajstić information content (AvgIpc) is 2.94. The lowest BCUT2D eigenvalue weighted by Crippen LogP contribution is -2.32. The maximum Gasteiger partial charge on any atom is 0.343 e. The summed E-state index contributed by atoms with van der Waals surface area (Å²) in [6.45, 7) is 2.39. The van der Waals surface area contributed by atoms with Crippen LogP contribution in [0, 0.1) is 0 Å². The summed E-state index contributed by atoms with van der Waals surface area (Å²) in [6.07, 6.45) is 1.33. The van der Waals surface area contributed by atoms with Crippen LogP contribution in [0.3, 0.4) is 0 Å². The van der Waals surface area contributed by atoms with E-state index in [1.807, 2.05) is 37.3 Å². The van der Waals surface area contributed by atoms with Crippen LogP contribution in [0.15, 0.2) is 90.0 Å². The van der Waals surface area contributed by atoms with E-state index in [2.05, 4.69) is 15.8 Å². The number of hydrogen-bond donors (Lipinski definition) is 2. The minimum Gasteiger partial charge on any atom is -0.495 e. The van der Waals surface area contributed by atoms with Gasteiger partial charge in [-0.2, -0.15) is 5.10 Å². The summed E-state index contributed by atoms with van der Waals surface area (Å²) in [5.74, 6) is -1.19. The van der Waals surface area contributed by atoms with Crippen molar-refractivity contribution in [3.05, 3.63) is 96.1 Å². The van der Waals surface area contributed by atoms with Gasteiger partial charge in [-0.25, -0.2) is 10.2 Å². The molecule has 0 bridgehead atoms. The fraction of sp³-hybridized carbons (Fsp3) is 0.103. The lowest BCUT2D eigenvalue weighted by molar-refractivity contribution is -0.136. The molecule has 192 valence electrons. The molecular formula is C29H25N3O6. The average molecular weight is 512 g/mol. The number of carbonyl (C=O) groups excluding carboxylic acids is 3. The molecule has 0 heterocycles. The van der Waals surface area contributed by atoms with E-state index in [9.17, 15) is 14.4 Å². The van der Waals surface area contributed by atoms with Crippen LogP contribution in [0.1, 0.15) is 22.8 Å². The van der Waals surface area contributed by atoms with Crippen LogP contribution in [0.2, 0.25) is 0 Å². The number of anilines is 1. The lowest BCUT2D eigenvalue weighted by Gasteiger charge is -2.11. The molecule has 2 amide bonds. The van der Waals surface area contributed by atoms with Crippen LogP contribution in [-0.4, -0.2) is 37.7 Å². The highest BCUT2D eigenvalue weighted by molar-refractivity contribution is 6.39. The number of para-hydroxylation sites is 2. The molecule has 0 unspecified atom stereocenters. The largest absolute Gasteiger partial charge is 0.495 e. The van der Waals surface area contributed by atoms with Gasteiger partial charge in [-0.1, -0.05) is 42.5 Å². The van der Waals surface area contributed by atoms with Gasteiger partial charge in [-0.3, -0.25) is 9.59 Å². The molecule has 4 rings (SSSR count). The van der Waals surface area contributed by atoms with E-state index in [-0.39, 0.29) is 5.75 Å². The fourth-order valence-corrected chi connectivity index (χ4v) is 3.64. The molecule has 0 spiro atoms. The fourth-order valence-electron chi connectivity index (χ4n) is 3.64. The molecule has 0 aliphatic heterocycles. The van der Waals surface area contributed by atoms with Crippen LogP contribution in [0.4, 0.5) is 5.69 Å². The molecule has 9 nitrogen and oxygen atoms in total. The third-order valence-electron chi connectivity index (χ3n) is 5.46. The Morgan fingerprint density at radius 2 is 1.58 bits per heavy atom. The van der Waals surface area contributed by atoms with Crippen molar-refractivity contribution in [1.29, 1.82) is 0 Å². The third kappa shape index (κ3) is 6.14. The predicted octanol–water partition coefficient (Wildman–Crippen LogP) is 4.56. The van der Waals surface area contributed by atoms with Gasteiger partial charge in [-0.15, -0.1) is 0 Å². The number of rotatable bonds is 8. The zero-order valence-electron chi connectivity index (χ0n) is 20.8. The molecule has 0 fully saturated rings. The number of esters is 1. The van der Waals surface area contributed by atoms with Gasteiger partial charge in [-0.05, 0) is 60.2 Å². The predicted molar refractivity (Wildman–Crippen MR) is 144 cm³/mol. The van der Waals surface area contributed by atoms with Gasteiger partial charge in [0.25, 0.3) is 0 Å². The summed E-state index contributed by atoms with van der Waals surface area (Å²) >= 11 is 0. The van der Waals surface area contributed by atoms with E-state index in [1.165, 1.54) is 13.3 Å². The molecule has 9 heteroatoms. The smallest absolute Gasteiger partial charge is 0.343 e. The minimum absolute atomic E-state index is 0.235. The van der Waals surface area contributed by atoms with Crippen molar-refractivity contribution in [2.24, 2.45) is 5.10 Å². The number of carbonyl (C=O) groups is 3. The maximum atomic E-state index is 12.8. The van der Waals surface area contributed by atoms with Gasteiger partial charge in [0.1, 0.15) is 17.2 Å². The molecule has 4 aromatic carbocycles. The number of hydrogen-bond acceptors (Lipinski definition) is 7. The van der Waals surface area contributed by atoms with E-state index in [1.54, 1.807) is 54.6 Å². The van der Waals surface area contributed by atoms with Crippen molar-refractivity contribution < 1.29 is 28.6 Å². The highest BCUT2D eigenvalue weighted by Crippen LogP contribution is 2.28. The summed E-state index contributed by atoms with van der Waals surface area (Å²) in [5.41, 5.74) is 3.34. The molecule has 38 heavy (non-hydrogen) atoms. The summed E-state index contributed by atoms with van der Waals surface area (Å²) in [7, 11) is 1.46. The van der Waals surface area contributed by atoms with Crippen molar-refractivity contribution in [2.45, 2.75) is 6.92 Å². The molecular weight excluding hydrogens is 486 g/mol. The number of fused-ring (bicyclic) bond motifs is 1. The molecule has 0 saturated carbocycles. The number of ether oxygens (including phenoxy) is 3. The Labute approximate surface area is 219 Å². The van der Waals surface area contributed by atoms with E-state index >= 15 is 0 Å². The van der Waals surface area contributed by atoms with Crippen molar-refractivity contribution in [2.75, 3.05) is 19.0 Å². The normalized spacial score (nSPS) is 10.7. The van der Waals surface area contributed by atoms with Gasteiger partial charge in [0.2, 0.25) is 0 Å². The second kappa shape index (κ2) is 12.2. The van der Waals surface area contributed by atoms with E-state index < -0.39 is 17.8 Å². The summed E-state index contributed by atoms with van der Waals surface area (Å²) < 4.78 is 16.3. The molecule has 0 radical (unpaired) electrons. The van der Waals surface area contributed by atoms with Crippen LogP contribution < -0.4 is 25.0 Å². The Kier molecular flexibility index (Phi) is 8.30. The quantitative estimate of drug-likeness (QED) is 0.118. The number of hydrazone groups is 1. The molecule has 0 aliphatic carbocycles. The topological polar surface area (TPSA) is 115 Å². The van der Waals surface area contributed by atoms with Crippen molar-refractivity contribution in [1.82, 2.24) is 5.43 Å². The molecule has 0 aliphatic rings. The first-order valence-electron chi connectivity index (χ1n) is 11.7. The molecule has 0 atom stereocenters. The van der Waals surface area contributed by atoms with Crippen molar-refractivity contribution in [3.63, 3.8) is 0 Å². The lowest BCUT2D eigenvalue weighted by atomic mass is 10.0. The van der Waals surface area contributed by atoms with Gasteiger partial charge < -0.3 is 19.5 Å². The second-order valence-electron chi connectivity index (χ2n) is 7.90. The Morgan fingerprint density at radius 1 is 0.842 bits per heavy atom. The van der Waals surface area contributed by atoms with Crippen LogP contribution in [0.25, 0.3) is 10.8 Å². The zero-order valence-corrected chi connectivity index (χ0v) is 20.8. The maximum absolute atomic E-state index is 12.8. The zero-order chi connectivity index (χ0) is 26.9. The summed E-state index contributed by atoms with van der Waals surface area (Å²) in [6, 6.07) is 24.2. The Hall–Kier alpha value is -5.18. The van der Waals surface area contributed by atoms with E-state index in [0.29, 0.717) is 34.9 Å². The van der Waals surface area contributed by atoms with Crippen molar-refractivity contribution >= 4 is 40.5 Å². The van der Waals surface area contributed by atoms with Gasteiger partial charge in [0, 0.05) is 5.56 Å². The molecule has 0 saturated heterocycles. The first-order chi connectivity index (χ1) is 18.5. The Morgan fingerprint density at radius 3 is 2.34 bits per heavy atom. The van der Waals surface area contributed by atoms with Crippen LogP contribution in [0.5, 0.6) is 17.2 Å². The Balaban J connectivity index is 1.52. The van der Waals surface area contributed by atoms with Gasteiger partial charge >= 0.3 is 17.8 Å². The van der Waals surface area contributed by atoms with E-state index in [4.69, 9.17) is 14.2 Å². The Bertz CT molecular complexity index is 1500. The molecule has 4 aromatic rings. The van der Waals surface area contributed by atoms with Crippen LogP contribution >= 0.6 is 0 Å². The highest BCUT2D eigenvalue weighted by Gasteiger charge is 2.16. The first kappa shape index (κ1) is 25.9. The van der Waals surface area contributed by atoms with E-state index in [0.717, 1.165) is 10.8 Å². The third-order valence-corrected chi connectivity index (χ3v) is 5.46. The first-order valence-corrected chi connectivity index (χ1v) is 11.7. The second-order valence-corrected chi connectivity index (χ2v) is 7.90.